The van der Waals surface area contributed by atoms with Gasteiger partial charge < -0.3 is 14.6 Å². The summed E-state index contributed by atoms with van der Waals surface area (Å²) in [4.78, 5) is 3.95. The van der Waals surface area contributed by atoms with Gasteiger partial charge in [0.25, 0.3) is 0 Å². The maximum Gasteiger partial charge on any atom is 0.488 e. The smallest absolute Gasteiger partial charge is 0.423 e. The molecule has 0 aliphatic carbocycles. The summed E-state index contributed by atoms with van der Waals surface area (Å²) in [6.07, 6.45) is 5.36. The third-order valence-corrected chi connectivity index (χ3v) is 2.20. The molecule has 5 heteroatoms. The average Bonchev–Trinajstić information content (AvgIpc) is 2.71. The number of aromatic nitrogens is 2. The minimum atomic E-state index is -1.40. The van der Waals surface area contributed by atoms with E-state index in [9.17, 15) is 0 Å². The molecule has 1 aromatic heterocycles. The molecule has 15 heavy (non-hydrogen) atoms. The molecule has 0 unspecified atom stereocenters. The lowest BCUT2D eigenvalue weighted by Gasteiger charge is -2.04. The van der Waals surface area contributed by atoms with Crippen molar-refractivity contribution < 1.29 is 10.0 Å². The summed E-state index contributed by atoms with van der Waals surface area (Å²) in [5.74, 6) is 0. The highest BCUT2D eigenvalue weighted by molar-refractivity contribution is 6.58. The lowest BCUT2D eigenvalue weighted by atomic mass is 9.80. The van der Waals surface area contributed by atoms with Crippen LogP contribution in [0.2, 0.25) is 0 Å². The molecule has 0 saturated carbocycles. The highest BCUT2D eigenvalue weighted by atomic mass is 16.4. The summed E-state index contributed by atoms with van der Waals surface area (Å²) in [5, 5.41) is 17.8. The predicted molar refractivity (Wildman–Crippen MR) is 57.6 cm³/mol. The van der Waals surface area contributed by atoms with Crippen molar-refractivity contribution in [2.75, 3.05) is 0 Å². The molecule has 2 N–H and O–H groups in total. The zero-order valence-corrected chi connectivity index (χ0v) is 8.11. The van der Waals surface area contributed by atoms with Crippen molar-refractivity contribution in [2.24, 2.45) is 0 Å². The molecule has 0 bridgehead atoms. The Morgan fingerprint density at radius 1 is 1.20 bits per heavy atom. The Labute approximate surface area is 88.0 Å². The summed E-state index contributed by atoms with van der Waals surface area (Å²) in [6.45, 7) is 0.738. The van der Waals surface area contributed by atoms with Crippen molar-refractivity contribution in [1.82, 2.24) is 9.55 Å². The zero-order valence-electron chi connectivity index (χ0n) is 8.11. The van der Waals surface area contributed by atoms with Crippen LogP contribution in [0.3, 0.4) is 0 Å². The second kappa shape index (κ2) is 4.29. The highest BCUT2D eigenvalue weighted by Gasteiger charge is 2.09. The second-order valence-corrected chi connectivity index (χ2v) is 3.35. The summed E-state index contributed by atoms with van der Waals surface area (Å²) in [7, 11) is -1.40. The van der Waals surface area contributed by atoms with E-state index in [1.807, 2.05) is 22.9 Å². The van der Waals surface area contributed by atoms with E-state index >= 15 is 0 Å². The number of hydrogen-bond donors (Lipinski definition) is 2. The van der Waals surface area contributed by atoms with Gasteiger partial charge in [-0.05, 0) is 11.0 Å². The molecule has 0 amide bonds. The molecular formula is C10H11BN2O2. The van der Waals surface area contributed by atoms with E-state index in [0.717, 1.165) is 12.1 Å². The molecule has 0 atom stereocenters. The zero-order chi connectivity index (χ0) is 10.7. The van der Waals surface area contributed by atoms with Crippen LogP contribution in [0.15, 0.2) is 43.0 Å². The third kappa shape index (κ3) is 2.46. The van der Waals surface area contributed by atoms with Crippen LogP contribution in [0.25, 0.3) is 0 Å². The van der Waals surface area contributed by atoms with E-state index in [0.29, 0.717) is 5.46 Å². The number of nitrogens with zero attached hydrogens (tertiary/aromatic N) is 2. The average molecular weight is 202 g/mol. The second-order valence-electron chi connectivity index (χ2n) is 3.35. The first kappa shape index (κ1) is 9.95. The van der Waals surface area contributed by atoms with Crippen molar-refractivity contribution in [3.8, 4) is 0 Å². The molecule has 0 aliphatic heterocycles. The Bertz CT molecular complexity index is 411. The molecule has 2 rings (SSSR count). The first-order chi connectivity index (χ1) is 7.25. The maximum atomic E-state index is 8.91. The molecule has 4 nitrogen and oxygen atoms in total. The fraction of sp³-hybridized carbons (Fsp3) is 0.100. The van der Waals surface area contributed by atoms with Crippen molar-refractivity contribution in [2.45, 2.75) is 6.54 Å². The minimum absolute atomic E-state index is 0.504. The van der Waals surface area contributed by atoms with Crippen molar-refractivity contribution >= 4 is 12.6 Å². The van der Waals surface area contributed by atoms with Gasteiger partial charge in [0.2, 0.25) is 0 Å². The number of benzene rings is 1. The van der Waals surface area contributed by atoms with Crippen molar-refractivity contribution in [3.63, 3.8) is 0 Å². The Morgan fingerprint density at radius 2 is 1.93 bits per heavy atom. The van der Waals surface area contributed by atoms with E-state index in [1.165, 1.54) is 0 Å². The van der Waals surface area contributed by atoms with E-state index in [2.05, 4.69) is 4.98 Å². The number of imidazole rings is 1. The number of hydrogen-bond acceptors (Lipinski definition) is 3. The quantitative estimate of drug-likeness (QED) is 0.666. The minimum Gasteiger partial charge on any atom is -0.423 e. The van der Waals surface area contributed by atoms with Gasteiger partial charge in [0, 0.05) is 18.9 Å². The maximum absolute atomic E-state index is 8.91. The van der Waals surface area contributed by atoms with Gasteiger partial charge >= 0.3 is 7.12 Å². The highest BCUT2D eigenvalue weighted by Crippen LogP contribution is 2.00. The summed E-state index contributed by atoms with van der Waals surface area (Å²) in [6, 6.07) is 7.15. The van der Waals surface area contributed by atoms with Crippen LogP contribution in [0.4, 0.5) is 0 Å². The third-order valence-electron chi connectivity index (χ3n) is 2.20. The first-order valence-corrected chi connectivity index (χ1v) is 4.66. The summed E-state index contributed by atoms with van der Waals surface area (Å²) >= 11 is 0. The van der Waals surface area contributed by atoms with Crippen LogP contribution in [0.1, 0.15) is 5.56 Å². The van der Waals surface area contributed by atoms with Gasteiger partial charge in [0.15, 0.2) is 0 Å². The summed E-state index contributed by atoms with van der Waals surface area (Å²) in [5.41, 5.74) is 1.60. The van der Waals surface area contributed by atoms with E-state index in [4.69, 9.17) is 10.0 Å². The van der Waals surface area contributed by atoms with E-state index in [-0.39, 0.29) is 0 Å². The fourth-order valence-corrected chi connectivity index (χ4v) is 1.39. The van der Waals surface area contributed by atoms with Crippen LogP contribution in [0.5, 0.6) is 0 Å². The van der Waals surface area contributed by atoms with Gasteiger partial charge in [0.05, 0.1) is 6.33 Å². The molecule has 0 fully saturated rings. The Hall–Kier alpha value is -1.59. The Morgan fingerprint density at radius 3 is 2.47 bits per heavy atom. The molecular weight excluding hydrogens is 191 g/mol. The fourth-order valence-electron chi connectivity index (χ4n) is 1.39. The Balaban J connectivity index is 2.11. The van der Waals surface area contributed by atoms with Gasteiger partial charge in [0.1, 0.15) is 0 Å². The van der Waals surface area contributed by atoms with Crippen LogP contribution in [0, 0.1) is 0 Å². The molecule has 0 radical (unpaired) electrons. The summed E-state index contributed by atoms with van der Waals surface area (Å²) < 4.78 is 1.95. The van der Waals surface area contributed by atoms with E-state index < -0.39 is 7.12 Å². The van der Waals surface area contributed by atoms with Gasteiger partial charge in [-0.2, -0.15) is 0 Å². The van der Waals surface area contributed by atoms with Gasteiger partial charge in [-0.25, -0.2) is 4.98 Å². The largest absolute Gasteiger partial charge is 0.488 e. The van der Waals surface area contributed by atoms with Gasteiger partial charge in [-0.15, -0.1) is 0 Å². The molecule has 0 saturated heterocycles. The first-order valence-electron chi connectivity index (χ1n) is 4.66. The monoisotopic (exact) mass is 202 g/mol. The van der Waals surface area contributed by atoms with Crippen molar-refractivity contribution in [3.05, 3.63) is 48.5 Å². The molecule has 1 aromatic carbocycles. The predicted octanol–water partition coefficient (Wildman–Crippen LogP) is -0.389. The van der Waals surface area contributed by atoms with Crippen LogP contribution >= 0.6 is 0 Å². The van der Waals surface area contributed by atoms with Crippen LogP contribution in [-0.4, -0.2) is 26.7 Å². The topological polar surface area (TPSA) is 58.3 Å². The van der Waals surface area contributed by atoms with Crippen LogP contribution in [-0.2, 0) is 6.54 Å². The number of rotatable bonds is 3. The molecule has 76 valence electrons. The molecule has 2 aromatic rings. The molecule has 0 aliphatic rings. The standard InChI is InChI=1S/C10H11BN2O2/c14-11(15)10-3-1-9(2-4-10)7-13-6-5-12-8-13/h1-6,8,14-15H,7H2. The SMILES string of the molecule is OB(O)c1ccc(Cn2ccnc2)cc1. The van der Waals surface area contributed by atoms with Gasteiger partial charge in [-0.3, -0.25) is 0 Å². The lowest BCUT2D eigenvalue weighted by Crippen LogP contribution is -2.29. The normalized spacial score (nSPS) is 10.3. The van der Waals surface area contributed by atoms with Crippen LogP contribution < -0.4 is 5.46 Å². The van der Waals surface area contributed by atoms with Crippen molar-refractivity contribution in [1.29, 1.82) is 0 Å². The van der Waals surface area contributed by atoms with Gasteiger partial charge in [-0.1, -0.05) is 24.3 Å². The molecule has 1 heterocycles. The lowest BCUT2D eigenvalue weighted by molar-refractivity contribution is 0.426. The molecule has 0 spiro atoms. The Kier molecular flexibility index (Phi) is 2.85. The van der Waals surface area contributed by atoms with E-state index in [1.54, 1.807) is 24.7 Å².